The molecule has 1 saturated heterocycles. The molecule has 21 heavy (non-hydrogen) atoms. The van der Waals surface area contributed by atoms with E-state index in [9.17, 15) is 5.11 Å². The van der Waals surface area contributed by atoms with Crippen LogP contribution in [0.4, 0.5) is 0 Å². The Hall–Kier alpha value is -1.13. The van der Waals surface area contributed by atoms with Gasteiger partial charge in [0.1, 0.15) is 5.75 Å². The molecule has 1 aliphatic rings. The summed E-state index contributed by atoms with van der Waals surface area (Å²) in [5.41, 5.74) is 2.24. The maximum Gasteiger partial charge on any atom is 0.128 e. The molecule has 0 spiro atoms. The standard InChI is InChI=1S/C17H27NO3/c1-11(2)15-9-17(19,6-7-21-15)8-14-13(4)16(20-5)12(3)10-18-14/h10-11,15,19H,6-9H2,1-5H3. The molecule has 0 aromatic carbocycles. The number of aromatic nitrogens is 1. The molecule has 1 aromatic heterocycles. The van der Waals surface area contributed by atoms with Crippen molar-refractivity contribution < 1.29 is 14.6 Å². The Balaban J connectivity index is 2.21. The van der Waals surface area contributed by atoms with Gasteiger partial charge < -0.3 is 14.6 Å². The average molecular weight is 293 g/mol. The molecule has 2 unspecified atom stereocenters. The number of pyridine rings is 1. The second kappa shape index (κ2) is 6.32. The van der Waals surface area contributed by atoms with Crippen LogP contribution in [-0.4, -0.2) is 35.5 Å². The molecular weight excluding hydrogens is 266 g/mol. The van der Waals surface area contributed by atoms with Crippen LogP contribution in [0.2, 0.25) is 0 Å². The molecule has 0 radical (unpaired) electrons. The highest BCUT2D eigenvalue weighted by molar-refractivity contribution is 5.41. The van der Waals surface area contributed by atoms with E-state index in [4.69, 9.17) is 9.47 Å². The number of aryl methyl sites for hydroxylation is 1. The molecule has 2 rings (SSSR count). The van der Waals surface area contributed by atoms with Crippen LogP contribution >= 0.6 is 0 Å². The van der Waals surface area contributed by atoms with Crippen molar-refractivity contribution in [1.82, 2.24) is 4.98 Å². The largest absolute Gasteiger partial charge is 0.496 e. The Morgan fingerprint density at radius 3 is 2.81 bits per heavy atom. The van der Waals surface area contributed by atoms with Crippen molar-refractivity contribution in [3.05, 3.63) is 23.0 Å². The molecule has 0 bridgehead atoms. The van der Waals surface area contributed by atoms with Crippen LogP contribution in [0.5, 0.6) is 5.75 Å². The first-order valence-corrected chi connectivity index (χ1v) is 7.69. The van der Waals surface area contributed by atoms with Gasteiger partial charge >= 0.3 is 0 Å². The van der Waals surface area contributed by atoms with Crippen molar-refractivity contribution in [1.29, 1.82) is 0 Å². The molecule has 4 heteroatoms. The molecule has 1 aliphatic heterocycles. The van der Waals surface area contributed by atoms with Gasteiger partial charge in [-0.1, -0.05) is 13.8 Å². The monoisotopic (exact) mass is 293 g/mol. The summed E-state index contributed by atoms with van der Waals surface area (Å²) in [6.45, 7) is 8.88. The smallest absolute Gasteiger partial charge is 0.128 e. The van der Waals surface area contributed by atoms with Gasteiger partial charge in [-0.05, 0) is 26.2 Å². The molecular formula is C17H27NO3. The minimum atomic E-state index is -0.731. The van der Waals surface area contributed by atoms with Gasteiger partial charge in [0.05, 0.1) is 18.8 Å². The highest BCUT2D eigenvalue weighted by atomic mass is 16.5. The second-order valence-electron chi connectivity index (χ2n) is 6.55. The fourth-order valence-electron chi connectivity index (χ4n) is 3.09. The Bertz CT molecular complexity index is 501. The van der Waals surface area contributed by atoms with Gasteiger partial charge in [0.25, 0.3) is 0 Å². The van der Waals surface area contributed by atoms with Crippen molar-refractivity contribution >= 4 is 0 Å². The van der Waals surface area contributed by atoms with Crippen LogP contribution in [0.15, 0.2) is 6.20 Å². The zero-order valence-electron chi connectivity index (χ0n) is 13.8. The van der Waals surface area contributed by atoms with E-state index in [2.05, 4.69) is 18.8 Å². The molecule has 1 aromatic rings. The summed E-state index contributed by atoms with van der Waals surface area (Å²) in [4.78, 5) is 4.51. The molecule has 2 heterocycles. The Labute approximate surface area is 127 Å². The summed E-state index contributed by atoms with van der Waals surface area (Å²) in [5.74, 6) is 1.29. The number of hydrogen-bond acceptors (Lipinski definition) is 4. The molecule has 0 amide bonds. The fraction of sp³-hybridized carbons (Fsp3) is 0.706. The molecule has 1 N–H and O–H groups in total. The molecule has 118 valence electrons. The van der Waals surface area contributed by atoms with Crippen LogP contribution in [0.3, 0.4) is 0 Å². The summed E-state index contributed by atoms with van der Waals surface area (Å²) in [6.07, 6.45) is 3.83. The van der Waals surface area contributed by atoms with E-state index >= 15 is 0 Å². The molecule has 0 saturated carbocycles. The second-order valence-corrected chi connectivity index (χ2v) is 6.55. The predicted molar refractivity (Wildman–Crippen MR) is 82.7 cm³/mol. The van der Waals surface area contributed by atoms with E-state index < -0.39 is 5.60 Å². The first-order valence-electron chi connectivity index (χ1n) is 7.69. The minimum Gasteiger partial charge on any atom is -0.496 e. The van der Waals surface area contributed by atoms with Gasteiger partial charge in [-0.3, -0.25) is 4.98 Å². The van der Waals surface area contributed by atoms with Crippen LogP contribution in [0.1, 0.15) is 43.5 Å². The number of methoxy groups -OCH3 is 1. The van der Waals surface area contributed by atoms with Gasteiger partial charge in [-0.25, -0.2) is 0 Å². The SMILES string of the molecule is COc1c(C)cnc(CC2(O)CCOC(C(C)C)C2)c1C. The number of aliphatic hydroxyl groups is 1. The quantitative estimate of drug-likeness (QED) is 0.927. The van der Waals surface area contributed by atoms with Crippen molar-refractivity contribution in [3.63, 3.8) is 0 Å². The average Bonchev–Trinajstić information content (AvgIpc) is 2.42. The first-order chi connectivity index (χ1) is 9.86. The number of nitrogens with zero attached hydrogens (tertiary/aromatic N) is 1. The summed E-state index contributed by atoms with van der Waals surface area (Å²) < 4.78 is 11.2. The predicted octanol–water partition coefficient (Wildman–Crippen LogP) is 2.82. The highest BCUT2D eigenvalue weighted by Crippen LogP contribution is 2.33. The first kappa shape index (κ1) is 16.2. The van der Waals surface area contributed by atoms with Gasteiger partial charge in [0.2, 0.25) is 0 Å². The van der Waals surface area contributed by atoms with Crippen molar-refractivity contribution in [2.45, 2.75) is 58.7 Å². The number of rotatable bonds is 4. The van der Waals surface area contributed by atoms with Gasteiger partial charge in [0, 0.05) is 42.5 Å². The number of ether oxygens (including phenoxy) is 2. The molecule has 1 fully saturated rings. The van der Waals surface area contributed by atoms with Crippen LogP contribution in [0.25, 0.3) is 0 Å². The Morgan fingerprint density at radius 2 is 2.19 bits per heavy atom. The lowest BCUT2D eigenvalue weighted by molar-refractivity contribution is -0.116. The van der Waals surface area contributed by atoms with Gasteiger partial charge in [-0.15, -0.1) is 0 Å². The minimum absolute atomic E-state index is 0.122. The third-order valence-corrected chi connectivity index (χ3v) is 4.47. The summed E-state index contributed by atoms with van der Waals surface area (Å²) in [6, 6.07) is 0. The lowest BCUT2D eigenvalue weighted by Gasteiger charge is -2.38. The van der Waals surface area contributed by atoms with Crippen LogP contribution < -0.4 is 4.74 Å². The van der Waals surface area contributed by atoms with E-state index in [1.807, 2.05) is 20.0 Å². The third-order valence-electron chi connectivity index (χ3n) is 4.47. The zero-order chi connectivity index (χ0) is 15.6. The van der Waals surface area contributed by atoms with E-state index in [1.54, 1.807) is 7.11 Å². The topological polar surface area (TPSA) is 51.6 Å². The highest BCUT2D eigenvalue weighted by Gasteiger charge is 2.37. The van der Waals surface area contributed by atoms with E-state index in [0.29, 0.717) is 31.8 Å². The van der Waals surface area contributed by atoms with Crippen LogP contribution in [0, 0.1) is 19.8 Å². The number of hydrogen-bond donors (Lipinski definition) is 1. The van der Waals surface area contributed by atoms with Crippen molar-refractivity contribution in [2.24, 2.45) is 5.92 Å². The molecule has 4 nitrogen and oxygen atoms in total. The summed E-state index contributed by atoms with van der Waals surface area (Å²) >= 11 is 0. The van der Waals surface area contributed by atoms with Crippen molar-refractivity contribution in [3.8, 4) is 5.75 Å². The maximum absolute atomic E-state index is 10.9. The van der Waals surface area contributed by atoms with Crippen LogP contribution in [-0.2, 0) is 11.2 Å². The lowest BCUT2D eigenvalue weighted by atomic mass is 9.82. The van der Waals surface area contributed by atoms with E-state index in [-0.39, 0.29) is 6.10 Å². The fourth-order valence-corrected chi connectivity index (χ4v) is 3.09. The zero-order valence-corrected chi connectivity index (χ0v) is 13.8. The summed E-state index contributed by atoms with van der Waals surface area (Å²) in [7, 11) is 1.68. The normalized spacial score (nSPS) is 26.1. The summed E-state index contributed by atoms with van der Waals surface area (Å²) in [5, 5.41) is 10.9. The van der Waals surface area contributed by atoms with Gasteiger partial charge in [-0.2, -0.15) is 0 Å². The Kier molecular flexibility index (Phi) is 4.89. The van der Waals surface area contributed by atoms with E-state index in [0.717, 1.165) is 22.6 Å². The molecule has 2 atom stereocenters. The van der Waals surface area contributed by atoms with Gasteiger partial charge in [0.15, 0.2) is 0 Å². The van der Waals surface area contributed by atoms with Crippen molar-refractivity contribution in [2.75, 3.05) is 13.7 Å². The Morgan fingerprint density at radius 1 is 1.48 bits per heavy atom. The van der Waals surface area contributed by atoms with E-state index in [1.165, 1.54) is 0 Å². The molecule has 0 aliphatic carbocycles. The third kappa shape index (κ3) is 3.55. The maximum atomic E-state index is 10.9. The lowest BCUT2D eigenvalue weighted by Crippen LogP contribution is -2.44.